The monoisotopic (exact) mass is 269 g/mol. The van der Waals surface area contributed by atoms with E-state index in [-0.39, 0.29) is 29.3 Å². The molecule has 0 bridgehead atoms. The first-order valence-corrected chi connectivity index (χ1v) is 7.41. The fraction of sp³-hybridized carbons (Fsp3) is 0.933. The van der Waals surface area contributed by atoms with Crippen LogP contribution in [0.5, 0.6) is 0 Å². The van der Waals surface area contributed by atoms with E-state index in [0.29, 0.717) is 0 Å². The molecule has 3 atom stereocenters. The molecule has 3 N–H and O–H groups in total. The number of carbonyl (C=O) groups excluding carboxylic acids is 1. The largest absolute Gasteiger partial charge is 0.353 e. The molecule has 1 saturated carbocycles. The average molecular weight is 269 g/mol. The molecule has 1 amide bonds. The van der Waals surface area contributed by atoms with Gasteiger partial charge in [-0.25, -0.2) is 0 Å². The second-order valence-corrected chi connectivity index (χ2v) is 7.29. The minimum Gasteiger partial charge on any atom is -0.353 e. The number of hydrogen-bond donors (Lipinski definition) is 2. The zero-order valence-electron chi connectivity index (χ0n) is 13.2. The zero-order valence-corrected chi connectivity index (χ0v) is 13.2. The SMILES string of the molecule is CN(C)CCC(NC(=O)C1CCC(N)C1)C(C)(C)C. The van der Waals surface area contributed by atoms with Crippen LogP contribution in [0, 0.1) is 11.3 Å². The van der Waals surface area contributed by atoms with Gasteiger partial charge in [-0.1, -0.05) is 20.8 Å². The van der Waals surface area contributed by atoms with Gasteiger partial charge in [0, 0.05) is 18.0 Å². The van der Waals surface area contributed by atoms with Crippen LogP contribution in [0.2, 0.25) is 0 Å². The number of carbonyl (C=O) groups is 1. The van der Waals surface area contributed by atoms with E-state index in [1.165, 1.54) is 0 Å². The summed E-state index contributed by atoms with van der Waals surface area (Å²) in [6.45, 7) is 7.56. The van der Waals surface area contributed by atoms with Crippen LogP contribution in [0.1, 0.15) is 46.5 Å². The molecule has 19 heavy (non-hydrogen) atoms. The summed E-state index contributed by atoms with van der Waals surface area (Å²) in [6.07, 6.45) is 3.75. The molecule has 0 aromatic rings. The highest BCUT2D eigenvalue weighted by Gasteiger charge is 2.32. The Morgan fingerprint density at radius 1 is 1.37 bits per heavy atom. The van der Waals surface area contributed by atoms with Gasteiger partial charge in [0.05, 0.1) is 0 Å². The molecule has 4 heteroatoms. The average Bonchev–Trinajstić information content (AvgIpc) is 2.68. The van der Waals surface area contributed by atoms with Crippen molar-refractivity contribution in [1.29, 1.82) is 0 Å². The zero-order chi connectivity index (χ0) is 14.6. The van der Waals surface area contributed by atoms with Crippen molar-refractivity contribution in [3.05, 3.63) is 0 Å². The summed E-state index contributed by atoms with van der Waals surface area (Å²) >= 11 is 0. The Morgan fingerprint density at radius 2 is 2.00 bits per heavy atom. The Labute approximate surface area is 118 Å². The van der Waals surface area contributed by atoms with Gasteiger partial charge in [0.2, 0.25) is 5.91 Å². The topological polar surface area (TPSA) is 58.4 Å². The molecular weight excluding hydrogens is 238 g/mol. The Balaban J connectivity index is 2.54. The maximum absolute atomic E-state index is 12.3. The highest BCUT2D eigenvalue weighted by Crippen LogP contribution is 2.27. The van der Waals surface area contributed by atoms with Crippen LogP contribution >= 0.6 is 0 Å². The van der Waals surface area contributed by atoms with E-state index >= 15 is 0 Å². The van der Waals surface area contributed by atoms with Gasteiger partial charge in [0.15, 0.2) is 0 Å². The van der Waals surface area contributed by atoms with Gasteiger partial charge in [-0.3, -0.25) is 4.79 Å². The lowest BCUT2D eigenvalue weighted by atomic mass is 9.84. The Kier molecular flexibility index (Phi) is 5.81. The summed E-state index contributed by atoms with van der Waals surface area (Å²) in [5, 5.41) is 3.25. The van der Waals surface area contributed by atoms with E-state index in [4.69, 9.17) is 5.73 Å². The summed E-state index contributed by atoms with van der Waals surface area (Å²) in [4.78, 5) is 14.5. The Morgan fingerprint density at radius 3 is 2.42 bits per heavy atom. The maximum atomic E-state index is 12.3. The van der Waals surface area contributed by atoms with Crippen LogP contribution in [0.25, 0.3) is 0 Å². The van der Waals surface area contributed by atoms with Crippen LogP contribution in [0.4, 0.5) is 0 Å². The van der Waals surface area contributed by atoms with Crippen LogP contribution < -0.4 is 11.1 Å². The third-order valence-electron chi connectivity index (χ3n) is 4.07. The van der Waals surface area contributed by atoms with Crippen molar-refractivity contribution < 1.29 is 4.79 Å². The normalized spacial score (nSPS) is 25.6. The third-order valence-corrected chi connectivity index (χ3v) is 4.07. The summed E-state index contributed by atoms with van der Waals surface area (Å²) in [6, 6.07) is 0.435. The standard InChI is InChI=1S/C15H31N3O/c1-15(2,3)13(8-9-18(4)5)17-14(19)11-6-7-12(16)10-11/h11-13H,6-10,16H2,1-5H3,(H,17,19). The number of nitrogens with zero attached hydrogens (tertiary/aromatic N) is 1. The minimum atomic E-state index is 0.0897. The number of amides is 1. The molecule has 0 radical (unpaired) electrons. The van der Waals surface area contributed by atoms with Crippen molar-refractivity contribution in [3.63, 3.8) is 0 Å². The first-order chi connectivity index (χ1) is 8.70. The fourth-order valence-electron chi connectivity index (χ4n) is 2.65. The summed E-state index contributed by atoms with van der Waals surface area (Å²) < 4.78 is 0. The smallest absolute Gasteiger partial charge is 0.223 e. The Hall–Kier alpha value is -0.610. The summed E-state index contributed by atoms with van der Waals surface area (Å²) in [7, 11) is 4.13. The van der Waals surface area contributed by atoms with Crippen molar-refractivity contribution >= 4 is 5.91 Å². The number of nitrogens with two attached hydrogens (primary N) is 1. The van der Waals surface area contributed by atoms with Crippen molar-refractivity contribution in [1.82, 2.24) is 10.2 Å². The second-order valence-electron chi connectivity index (χ2n) is 7.29. The first-order valence-electron chi connectivity index (χ1n) is 7.41. The van der Waals surface area contributed by atoms with Crippen LogP contribution in [0.15, 0.2) is 0 Å². The van der Waals surface area contributed by atoms with Gasteiger partial charge in [-0.2, -0.15) is 0 Å². The fourth-order valence-corrected chi connectivity index (χ4v) is 2.65. The minimum absolute atomic E-state index is 0.0897. The van der Waals surface area contributed by atoms with E-state index in [2.05, 4.69) is 45.1 Å². The van der Waals surface area contributed by atoms with E-state index in [9.17, 15) is 4.79 Å². The van der Waals surface area contributed by atoms with E-state index in [1.54, 1.807) is 0 Å². The molecule has 1 aliphatic rings. The lowest BCUT2D eigenvalue weighted by Crippen LogP contribution is -2.47. The van der Waals surface area contributed by atoms with Crippen molar-refractivity contribution in [2.24, 2.45) is 17.1 Å². The van der Waals surface area contributed by atoms with Gasteiger partial charge in [0.25, 0.3) is 0 Å². The number of rotatable bonds is 5. The van der Waals surface area contributed by atoms with Gasteiger partial charge in [-0.15, -0.1) is 0 Å². The molecule has 112 valence electrons. The van der Waals surface area contributed by atoms with E-state index in [0.717, 1.165) is 32.2 Å². The Bertz CT molecular complexity index is 296. The van der Waals surface area contributed by atoms with Gasteiger partial charge in [-0.05, 0) is 51.7 Å². The molecule has 0 aromatic carbocycles. The number of hydrogen-bond acceptors (Lipinski definition) is 3. The van der Waals surface area contributed by atoms with Crippen LogP contribution in [-0.2, 0) is 4.79 Å². The van der Waals surface area contributed by atoms with Crippen molar-refractivity contribution in [2.45, 2.75) is 58.5 Å². The summed E-state index contributed by atoms with van der Waals surface area (Å²) in [5.41, 5.74) is 5.98. The molecule has 0 aromatic heterocycles. The highest BCUT2D eigenvalue weighted by molar-refractivity contribution is 5.79. The van der Waals surface area contributed by atoms with Crippen molar-refractivity contribution in [2.75, 3.05) is 20.6 Å². The molecule has 4 nitrogen and oxygen atoms in total. The third kappa shape index (κ3) is 5.49. The molecule has 0 spiro atoms. The maximum Gasteiger partial charge on any atom is 0.223 e. The molecule has 1 aliphatic carbocycles. The quantitative estimate of drug-likeness (QED) is 0.797. The highest BCUT2D eigenvalue weighted by atomic mass is 16.2. The second kappa shape index (κ2) is 6.71. The molecule has 0 saturated heterocycles. The molecule has 0 aliphatic heterocycles. The molecule has 1 fully saturated rings. The summed E-state index contributed by atoms with van der Waals surface area (Å²) in [5.74, 6) is 0.325. The first kappa shape index (κ1) is 16.4. The number of nitrogens with one attached hydrogen (secondary N) is 1. The lowest BCUT2D eigenvalue weighted by Gasteiger charge is -2.33. The van der Waals surface area contributed by atoms with E-state index in [1.807, 2.05) is 0 Å². The van der Waals surface area contributed by atoms with Crippen LogP contribution in [0.3, 0.4) is 0 Å². The molecular formula is C15H31N3O. The predicted octanol–water partition coefficient (Wildman–Crippen LogP) is 1.60. The van der Waals surface area contributed by atoms with E-state index < -0.39 is 0 Å². The van der Waals surface area contributed by atoms with Gasteiger partial charge < -0.3 is 16.0 Å². The predicted molar refractivity (Wildman–Crippen MR) is 79.9 cm³/mol. The van der Waals surface area contributed by atoms with Gasteiger partial charge >= 0.3 is 0 Å². The molecule has 1 rings (SSSR count). The van der Waals surface area contributed by atoms with Crippen LogP contribution in [-0.4, -0.2) is 43.5 Å². The van der Waals surface area contributed by atoms with Gasteiger partial charge in [0.1, 0.15) is 0 Å². The van der Waals surface area contributed by atoms with Crippen molar-refractivity contribution in [3.8, 4) is 0 Å². The molecule has 0 heterocycles. The lowest BCUT2D eigenvalue weighted by molar-refractivity contribution is -0.126. The molecule has 3 unspecified atom stereocenters.